The summed E-state index contributed by atoms with van der Waals surface area (Å²) in [7, 11) is 0. The van der Waals surface area contributed by atoms with Gasteiger partial charge in [-0.05, 0) is 19.8 Å². The SMILES string of the molecule is C/C=C/CCC(C)C(N)=O. The summed E-state index contributed by atoms with van der Waals surface area (Å²) in [5, 5.41) is 0. The van der Waals surface area contributed by atoms with E-state index in [0.29, 0.717) is 0 Å². The fourth-order valence-electron chi connectivity index (χ4n) is 0.655. The van der Waals surface area contributed by atoms with Gasteiger partial charge in [0.15, 0.2) is 0 Å². The molecule has 0 aromatic rings. The molecule has 0 aliphatic carbocycles. The first-order valence-electron chi connectivity index (χ1n) is 3.59. The van der Waals surface area contributed by atoms with Gasteiger partial charge in [0.25, 0.3) is 0 Å². The van der Waals surface area contributed by atoms with Crippen LogP contribution in [-0.4, -0.2) is 5.91 Å². The van der Waals surface area contributed by atoms with Crippen molar-refractivity contribution in [2.45, 2.75) is 26.7 Å². The fourth-order valence-corrected chi connectivity index (χ4v) is 0.655. The average Bonchev–Trinajstić information content (AvgIpc) is 1.88. The summed E-state index contributed by atoms with van der Waals surface area (Å²) in [4.78, 5) is 10.5. The second-order valence-electron chi connectivity index (χ2n) is 2.45. The monoisotopic (exact) mass is 141 g/mol. The molecule has 0 saturated carbocycles. The maximum atomic E-state index is 10.5. The zero-order valence-corrected chi connectivity index (χ0v) is 6.63. The van der Waals surface area contributed by atoms with Crippen LogP contribution >= 0.6 is 0 Å². The fraction of sp³-hybridized carbons (Fsp3) is 0.625. The van der Waals surface area contributed by atoms with E-state index in [1.165, 1.54) is 0 Å². The molecule has 1 amide bonds. The number of hydrogen-bond donors (Lipinski definition) is 1. The van der Waals surface area contributed by atoms with Crippen LogP contribution in [0.25, 0.3) is 0 Å². The van der Waals surface area contributed by atoms with E-state index in [4.69, 9.17) is 5.73 Å². The van der Waals surface area contributed by atoms with Crippen molar-refractivity contribution in [2.24, 2.45) is 11.7 Å². The van der Waals surface area contributed by atoms with E-state index in [-0.39, 0.29) is 11.8 Å². The lowest BCUT2D eigenvalue weighted by atomic mass is 10.1. The van der Waals surface area contributed by atoms with Crippen molar-refractivity contribution in [1.29, 1.82) is 0 Å². The first-order valence-corrected chi connectivity index (χ1v) is 3.59. The van der Waals surface area contributed by atoms with Crippen molar-refractivity contribution in [3.63, 3.8) is 0 Å². The number of hydrogen-bond acceptors (Lipinski definition) is 1. The maximum absolute atomic E-state index is 10.5. The highest BCUT2D eigenvalue weighted by molar-refractivity contribution is 5.76. The van der Waals surface area contributed by atoms with Gasteiger partial charge in [-0.25, -0.2) is 0 Å². The van der Waals surface area contributed by atoms with Crippen LogP contribution in [0.3, 0.4) is 0 Å². The lowest BCUT2D eigenvalue weighted by Crippen LogP contribution is -2.20. The number of rotatable bonds is 4. The summed E-state index contributed by atoms with van der Waals surface area (Å²) in [6.45, 7) is 3.82. The van der Waals surface area contributed by atoms with E-state index in [1.807, 2.05) is 26.0 Å². The second kappa shape index (κ2) is 5.03. The third kappa shape index (κ3) is 4.13. The molecule has 58 valence electrons. The molecule has 2 heteroatoms. The Bertz CT molecular complexity index is 129. The Hall–Kier alpha value is -0.790. The number of amides is 1. The highest BCUT2D eigenvalue weighted by Crippen LogP contribution is 2.04. The normalized spacial score (nSPS) is 13.8. The first kappa shape index (κ1) is 9.21. The molecule has 0 aliphatic rings. The van der Waals surface area contributed by atoms with Crippen LogP contribution in [0.4, 0.5) is 0 Å². The lowest BCUT2D eigenvalue weighted by molar-refractivity contribution is -0.121. The number of carbonyl (C=O) groups excluding carboxylic acids is 1. The van der Waals surface area contributed by atoms with E-state index in [1.54, 1.807) is 0 Å². The Kier molecular flexibility index (Phi) is 4.63. The Labute approximate surface area is 62.1 Å². The third-order valence-corrected chi connectivity index (χ3v) is 1.49. The van der Waals surface area contributed by atoms with Gasteiger partial charge in [-0.3, -0.25) is 4.79 Å². The summed E-state index contributed by atoms with van der Waals surface area (Å²) >= 11 is 0. The molecular weight excluding hydrogens is 126 g/mol. The van der Waals surface area contributed by atoms with E-state index in [0.717, 1.165) is 12.8 Å². The standard InChI is InChI=1S/C8H15NO/c1-3-4-5-6-7(2)8(9)10/h3-4,7H,5-6H2,1-2H3,(H2,9,10)/b4-3+. The summed E-state index contributed by atoms with van der Waals surface area (Å²) < 4.78 is 0. The first-order chi connectivity index (χ1) is 4.68. The molecule has 0 aromatic heterocycles. The predicted molar refractivity (Wildman–Crippen MR) is 42.4 cm³/mol. The molecule has 0 bridgehead atoms. The molecule has 0 saturated heterocycles. The van der Waals surface area contributed by atoms with Crippen LogP contribution in [0.15, 0.2) is 12.2 Å². The summed E-state index contributed by atoms with van der Waals surface area (Å²) in [6.07, 6.45) is 5.83. The molecule has 0 aliphatic heterocycles. The minimum absolute atomic E-state index is 0.0104. The molecule has 1 unspecified atom stereocenters. The molecule has 0 spiro atoms. The number of primary amides is 1. The van der Waals surface area contributed by atoms with Crippen molar-refractivity contribution in [1.82, 2.24) is 0 Å². The Morgan fingerprint density at radius 1 is 1.70 bits per heavy atom. The topological polar surface area (TPSA) is 43.1 Å². The molecule has 0 aromatic carbocycles. The third-order valence-electron chi connectivity index (χ3n) is 1.49. The van der Waals surface area contributed by atoms with Gasteiger partial charge in [-0.1, -0.05) is 19.1 Å². The van der Waals surface area contributed by atoms with Crippen molar-refractivity contribution in [2.75, 3.05) is 0 Å². The van der Waals surface area contributed by atoms with Crippen molar-refractivity contribution >= 4 is 5.91 Å². The van der Waals surface area contributed by atoms with Crippen LogP contribution in [0.5, 0.6) is 0 Å². The van der Waals surface area contributed by atoms with Crippen molar-refractivity contribution < 1.29 is 4.79 Å². The van der Waals surface area contributed by atoms with Gasteiger partial charge in [0.05, 0.1) is 0 Å². The van der Waals surface area contributed by atoms with E-state index in [9.17, 15) is 4.79 Å². The van der Waals surface area contributed by atoms with Gasteiger partial charge in [0.1, 0.15) is 0 Å². The van der Waals surface area contributed by atoms with Crippen LogP contribution in [0.1, 0.15) is 26.7 Å². The summed E-state index contributed by atoms with van der Waals surface area (Å²) in [6, 6.07) is 0. The average molecular weight is 141 g/mol. The molecule has 1 atom stereocenters. The van der Waals surface area contributed by atoms with Crippen LogP contribution in [-0.2, 0) is 4.79 Å². The smallest absolute Gasteiger partial charge is 0.220 e. The zero-order chi connectivity index (χ0) is 7.98. The minimum atomic E-state index is -0.204. The summed E-state index contributed by atoms with van der Waals surface area (Å²) in [5.74, 6) is -0.194. The van der Waals surface area contributed by atoms with Crippen LogP contribution in [0, 0.1) is 5.92 Å². The van der Waals surface area contributed by atoms with Crippen LogP contribution < -0.4 is 5.73 Å². The van der Waals surface area contributed by atoms with Crippen molar-refractivity contribution in [3.05, 3.63) is 12.2 Å². The minimum Gasteiger partial charge on any atom is -0.369 e. The molecule has 2 N–H and O–H groups in total. The van der Waals surface area contributed by atoms with Crippen LogP contribution in [0.2, 0.25) is 0 Å². The van der Waals surface area contributed by atoms with E-state index in [2.05, 4.69) is 0 Å². The quantitative estimate of drug-likeness (QED) is 0.592. The maximum Gasteiger partial charge on any atom is 0.220 e. The number of nitrogens with two attached hydrogens (primary N) is 1. The highest BCUT2D eigenvalue weighted by atomic mass is 16.1. The van der Waals surface area contributed by atoms with Gasteiger partial charge < -0.3 is 5.73 Å². The molecule has 0 heterocycles. The van der Waals surface area contributed by atoms with Gasteiger partial charge in [-0.15, -0.1) is 0 Å². The van der Waals surface area contributed by atoms with Gasteiger partial charge in [0.2, 0.25) is 5.91 Å². The van der Waals surface area contributed by atoms with Gasteiger partial charge >= 0.3 is 0 Å². The Balaban J connectivity index is 3.39. The van der Waals surface area contributed by atoms with E-state index >= 15 is 0 Å². The lowest BCUT2D eigenvalue weighted by Gasteiger charge is -2.02. The summed E-state index contributed by atoms with van der Waals surface area (Å²) in [5.41, 5.74) is 5.06. The largest absolute Gasteiger partial charge is 0.369 e. The van der Waals surface area contributed by atoms with E-state index < -0.39 is 0 Å². The number of allylic oxidation sites excluding steroid dienone is 2. The molecule has 10 heavy (non-hydrogen) atoms. The molecule has 2 nitrogen and oxygen atoms in total. The highest BCUT2D eigenvalue weighted by Gasteiger charge is 2.05. The molecule has 0 fully saturated rings. The molecular formula is C8H15NO. The van der Waals surface area contributed by atoms with Gasteiger partial charge in [-0.2, -0.15) is 0 Å². The number of carbonyl (C=O) groups is 1. The Morgan fingerprint density at radius 2 is 2.30 bits per heavy atom. The second-order valence-corrected chi connectivity index (χ2v) is 2.45. The molecule has 0 radical (unpaired) electrons. The predicted octanol–water partition coefficient (Wildman–Crippen LogP) is 1.46. The van der Waals surface area contributed by atoms with Crippen molar-refractivity contribution in [3.8, 4) is 0 Å². The Morgan fingerprint density at radius 3 is 2.70 bits per heavy atom. The van der Waals surface area contributed by atoms with Gasteiger partial charge in [0, 0.05) is 5.92 Å². The molecule has 0 rings (SSSR count). The zero-order valence-electron chi connectivity index (χ0n) is 6.63.